The van der Waals surface area contributed by atoms with E-state index < -0.39 is 0 Å². The second kappa shape index (κ2) is 4.04. The average Bonchev–Trinajstić information content (AvgIpc) is 2.47. The zero-order valence-electron chi connectivity index (χ0n) is 8.15. The first-order chi connectivity index (χ1) is 6.15. The van der Waals surface area contributed by atoms with Crippen LogP contribution in [0, 0.1) is 0 Å². The molecule has 0 spiro atoms. The second-order valence-electron chi connectivity index (χ2n) is 3.11. The molecule has 0 aliphatic heterocycles. The quantitative estimate of drug-likeness (QED) is 0.293. The molecule has 72 valence electrons. The van der Waals surface area contributed by atoms with Crippen molar-refractivity contribution in [1.82, 2.24) is 15.0 Å². The van der Waals surface area contributed by atoms with Crippen molar-refractivity contribution in [2.45, 2.75) is 19.9 Å². The smallest absolute Gasteiger partial charge is 0.161 e. The maximum absolute atomic E-state index is 5.36. The van der Waals surface area contributed by atoms with Crippen LogP contribution >= 0.6 is 0 Å². The molecule has 0 aliphatic carbocycles. The minimum atomic E-state index is 0.209. The van der Waals surface area contributed by atoms with Crippen LogP contribution in [0.25, 0.3) is 0 Å². The largest absolute Gasteiger partial charge is 0.331 e. The van der Waals surface area contributed by atoms with Crippen LogP contribution in [0.5, 0.6) is 0 Å². The fraction of sp³-hybridized carbons (Fsp3) is 0.500. The molecule has 5 heteroatoms. The fourth-order valence-electron chi connectivity index (χ4n) is 1.02. The minimum Gasteiger partial charge on any atom is -0.331 e. The van der Waals surface area contributed by atoms with Gasteiger partial charge in [-0.15, -0.1) is 0 Å². The fourth-order valence-corrected chi connectivity index (χ4v) is 1.02. The number of hydrogen-bond acceptors (Lipinski definition) is 3. The molecule has 0 aliphatic rings. The van der Waals surface area contributed by atoms with E-state index in [0.29, 0.717) is 5.84 Å². The van der Waals surface area contributed by atoms with Gasteiger partial charge in [0.25, 0.3) is 0 Å². The van der Waals surface area contributed by atoms with Crippen LogP contribution in [-0.2, 0) is 7.05 Å². The molecule has 0 unspecified atom stereocenters. The topological polar surface area (TPSA) is 68.2 Å². The Morgan fingerprint density at radius 1 is 1.69 bits per heavy atom. The molecular formula is C8H15N5. The van der Waals surface area contributed by atoms with Gasteiger partial charge < -0.3 is 9.99 Å². The molecule has 13 heavy (non-hydrogen) atoms. The summed E-state index contributed by atoms with van der Waals surface area (Å²) in [5.41, 5.74) is 3.45. The third-order valence-electron chi connectivity index (χ3n) is 1.58. The standard InChI is InChI=1S/C8H15N5/c1-6(2)11-8(12-9)7-4-10-5-13(7)3/h4-6H,9H2,1-3H3,(H,11,12). The molecule has 0 radical (unpaired) electrons. The predicted octanol–water partition coefficient (Wildman–Crippen LogP) is 0.0384. The number of aliphatic imine (C=N–C) groups is 1. The molecule has 0 bridgehead atoms. The van der Waals surface area contributed by atoms with E-state index in [9.17, 15) is 0 Å². The third-order valence-corrected chi connectivity index (χ3v) is 1.58. The molecule has 0 amide bonds. The molecular weight excluding hydrogens is 166 g/mol. The summed E-state index contributed by atoms with van der Waals surface area (Å²) in [5, 5.41) is 0. The lowest BCUT2D eigenvalue weighted by molar-refractivity contribution is 0.809. The Bertz CT molecular complexity index is 299. The molecule has 0 aromatic carbocycles. The number of hydrazine groups is 1. The summed E-state index contributed by atoms with van der Waals surface area (Å²) in [6.45, 7) is 3.99. The van der Waals surface area contributed by atoms with E-state index in [2.05, 4.69) is 15.4 Å². The summed E-state index contributed by atoms with van der Waals surface area (Å²) >= 11 is 0. The van der Waals surface area contributed by atoms with E-state index >= 15 is 0 Å². The zero-order chi connectivity index (χ0) is 9.84. The van der Waals surface area contributed by atoms with E-state index in [-0.39, 0.29) is 6.04 Å². The Morgan fingerprint density at radius 2 is 2.38 bits per heavy atom. The molecule has 1 rings (SSSR count). The summed E-state index contributed by atoms with van der Waals surface area (Å²) in [5.74, 6) is 6.02. The van der Waals surface area contributed by atoms with Gasteiger partial charge in [0, 0.05) is 13.1 Å². The number of nitrogens with one attached hydrogen (secondary N) is 1. The van der Waals surface area contributed by atoms with Crippen molar-refractivity contribution in [3.63, 3.8) is 0 Å². The first-order valence-electron chi connectivity index (χ1n) is 4.16. The molecule has 0 saturated heterocycles. The molecule has 0 atom stereocenters. The van der Waals surface area contributed by atoms with Crippen LogP contribution < -0.4 is 11.3 Å². The van der Waals surface area contributed by atoms with Crippen molar-refractivity contribution in [2.75, 3.05) is 0 Å². The lowest BCUT2D eigenvalue weighted by Crippen LogP contribution is -2.33. The highest BCUT2D eigenvalue weighted by Crippen LogP contribution is 1.98. The van der Waals surface area contributed by atoms with Crippen molar-refractivity contribution in [3.8, 4) is 0 Å². The first-order valence-corrected chi connectivity index (χ1v) is 4.16. The number of nitrogens with two attached hydrogens (primary N) is 1. The molecule has 1 aromatic rings. The third kappa shape index (κ3) is 2.29. The van der Waals surface area contributed by atoms with Crippen molar-refractivity contribution in [3.05, 3.63) is 18.2 Å². The van der Waals surface area contributed by atoms with Crippen molar-refractivity contribution in [1.29, 1.82) is 0 Å². The number of amidine groups is 1. The highest BCUT2D eigenvalue weighted by Gasteiger charge is 2.05. The van der Waals surface area contributed by atoms with E-state index in [1.54, 1.807) is 12.5 Å². The predicted molar refractivity (Wildman–Crippen MR) is 52.2 cm³/mol. The molecule has 1 aromatic heterocycles. The van der Waals surface area contributed by atoms with Gasteiger partial charge in [0.1, 0.15) is 5.69 Å². The van der Waals surface area contributed by atoms with Gasteiger partial charge in [0.15, 0.2) is 5.84 Å². The molecule has 3 N–H and O–H groups in total. The van der Waals surface area contributed by atoms with E-state index in [0.717, 1.165) is 5.69 Å². The Morgan fingerprint density at radius 3 is 2.77 bits per heavy atom. The average molecular weight is 181 g/mol. The Hall–Kier alpha value is -1.36. The van der Waals surface area contributed by atoms with Crippen LogP contribution in [0.4, 0.5) is 0 Å². The highest BCUT2D eigenvalue weighted by atomic mass is 15.3. The first kappa shape index (κ1) is 9.73. The van der Waals surface area contributed by atoms with Gasteiger partial charge in [0.05, 0.1) is 12.5 Å². The summed E-state index contributed by atoms with van der Waals surface area (Å²) in [6, 6.07) is 0.209. The zero-order valence-corrected chi connectivity index (χ0v) is 8.15. The van der Waals surface area contributed by atoms with Crippen molar-refractivity contribution < 1.29 is 0 Å². The van der Waals surface area contributed by atoms with E-state index in [1.807, 2.05) is 25.5 Å². The van der Waals surface area contributed by atoms with Gasteiger partial charge in [-0.1, -0.05) is 0 Å². The SMILES string of the molecule is CC(C)N=C(NN)c1cncn1C. The van der Waals surface area contributed by atoms with Crippen LogP contribution in [0.2, 0.25) is 0 Å². The van der Waals surface area contributed by atoms with Gasteiger partial charge in [-0.05, 0) is 13.8 Å². The molecule has 1 heterocycles. The number of imidazole rings is 1. The van der Waals surface area contributed by atoms with Gasteiger partial charge >= 0.3 is 0 Å². The van der Waals surface area contributed by atoms with E-state index in [4.69, 9.17) is 5.84 Å². The lowest BCUT2D eigenvalue weighted by atomic mass is 10.4. The maximum atomic E-state index is 5.36. The van der Waals surface area contributed by atoms with Crippen molar-refractivity contribution >= 4 is 5.84 Å². The summed E-state index contributed by atoms with van der Waals surface area (Å²) in [7, 11) is 1.90. The van der Waals surface area contributed by atoms with Gasteiger partial charge in [-0.25, -0.2) is 10.8 Å². The number of rotatable bonds is 2. The summed E-state index contributed by atoms with van der Waals surface area (Å²) in [4.78, 5) is 8.30. The molecule has 0 saturated carbocycles. The van der Waals surface area contributed by atoms with Gasteiger partial charge in [0.2, 0.25) is 0 Å². The number of nitrogens with zero attached hydrogens (tertiary/aromatic N) is 3. The van der Waals surface area contributed by atoms with E-state index in [1.165, 1.54) is 0 Å². The number of hydrogen-bond donors (Lipinski definition) is 2. The van der Waals surface area contributed by atoms with Crippen LogP contribution in [0.3, 0.4) is 0 Å². The molecule has 0 fully saturated rings. The van der Waals surface area contributed by atoms with Crippen LogP contribution in [0.1, 0.15) is 19.5 Å². The number of aryl methyl sites for hydroxylation is 1. The summed E-state index contributed by atoms with van der Waals surface area (Å²) < 4.78 is 1.86. The Balaban J connectivity index is 2.97. The lowest BCUT2D eigenvalue weighted by Gasteiger charge is -2.07. The number of aromatic nitrogens is 2. The minimum absolute atomic E-state index is 0.209. The van der Waals surface area contributed by atoms with Crippen molar-refractivity contribution in [2.24, 2.45) is 17.9 Å². The van der Waals surface area contributed by atoms with Gasteiger partial charge in [-0.2, -0.15) is 0 Å². The Kier molecular flexibility index (Phi) is 3.02. The Labute approximate surface area is 77.7 Å². The van der Waals surface area contributed by atoms with Gasteiger partial charge in [-0.3, -0.25) is 4.99 Å². The molecule has 5 nitrogen and oxygen atoms in total. The van der Waals surface area contributed by atoms with Crippen LogP contribution in [-0.4, -0.2) is 21.4 Å². The second-order valence-corrected chi connectivity index (χ2v) is 3.11. The normalized spacial score (nSPS) is 12.2. The maximum Gasteiger partial charge on any atom is 0.161 e. The monoisotopic (exact) mass is 181 g/mol. The summed E-state index contributed by atoms with van der Waals surface area (Å²) in [6.07, 6.45) is 3.43. The highest BCUT2D eigenvalue weighted by molar-refractivity contribution is 5.96. The van der Waals surface area contributed by atoms with Crippen LogP contribution in [0.15, 0.2) is 17.5 Å².